The van der Waals surface area contributed by atoms with Gasteiger partial charge >= 0.3 is 21.2 Å². The first kappa shape index (κ1) is 32.5. The molecule has 216 valence electrons. The van der Waals surface area contributed by atoms with Crippen LogP contribution in [0.1, 0.15) is 77.0 Å². The molecule has 10 nitrogen and oxygen atoms in total. The molecule has 0 fully saturated rings. The third-order valence-corrected chi connectivity index (χ3v) is 8.16. The molecule has 0 bridgehead atoms. The van der Waals surface area contributed by atoms with Crippen molar-refractivity contribution in [3.63, 3.8) is 0 Å². The predicted molar refractivity (Wildman–Crippen MR) is 150 cm³/mol. The summed E-state index contributed by atoms with van der Waals surface area (Å²) in [6, 6.07) is 0.701. The van der Waals surface area contributed by atoms with E-state index < -0.39 is 27.0 Å². The highest BCUT2D eigenvalue weighted by Crippen LogP contribution is 2.24. The van der Waals surface area contributed by atoms with Gasteiger partial charge in [0.2, 0.25) is 10.1 Å². The first-order valence-corrected chi connectivity index (χ1v) is 15.0. The largest absolute Gasteiger partial charge is 0.460 e. The van der Waals surface area contributed by atoms with Crippen LogP contribution >= 0.6 is 11.3 Å². The van der Waals surface area contributed by atoms with Crippen LogP contribution in [0.4, 0.5) is 13.9 Å². The van der Waals surface area contributed by atoms with Crippen molar-refractivity contribution in [3.05, 3.63) is 16.7 Å². The first-order chi connectivity index (χ1) is 18.2. The lowest BCUT2D eigenvalue weighted by Crippen LogP contribution is -2.38. The number of hydrogen-bond acceptors (Lipinski definition) is 10. The van der Waals surface area contributed by atoms with Crippen LogP contribution in [0.25, 0.3) is 0 Å². The highest BCUT2D eigenvalue weighted by atomic mass is 32.2. The van der Waals surface area contributed by atoms with Gasteiger partial charge in [0, 0.05) is 24.6 Å². The monoisotopic (exact) mass is 586 g/mol. The van der Waals surface area contributed by atoms with E-state index in [9.17, 15) is 22.0 Å². The molecule has 1 unspecified atom stereocenters. The minimum Gasteiger partial charge on any atom is -0.460 e. The fraction of sp³-hybridized carbons (Fsp3) is 0.640. The van der Waals surface area contributed by atoms with Crippen LogP contribution in [0, 0.1) is 17.8 Å². The molecular formula is C25H36F2N6O4S2. The zero-order valence-electron chi connectivity index (χ0n) is 23.3. The Morgan fingerprint density at radius 3 is 2.49 bits per heavy atom. The normalized spacial score (nSPS) is 17.0. The minimum absolute atomic E-state index is 0.00400. The van der Waals surface area contributed by atoms with E-state index >= 15 is 0 Å². The van der Waals surface area contributed by atoms with E-state index in [-0.39, 0.29) is 41.3 Å². The fourth-order valence-corrected chi connectivity index (χ4v) is 4.64. The number of ether oxygens (including phenoxy) is 1. The lowest BCUT2D eigenvalue weighted by Gasteiger charge is -2.32. The van der Waals surface area contributed by atoms with Crippen molar-refractivity contribution in [1.82, 2.24) is 15.1 Å². The summed E-state index contributed by atoms with van der Waals surface area (Å²) in [5, 5.41) is 7.71. The number of hydrazone groups is 1. The van der Waals surface area contributed by atoms with E-state index in [1.165, 1.54) is 6.08 Å². The maximum absolute atomic E-state index is 13.6. The molecule has 2 rings (SSSR count). The van der Waals surface area contributed by atoms with Crippen LogP contribution in [0.5, 0.6) is 0 Å². The van der Waals surface area contributed by atoms with E-state index in [1.54, 1.807) is 0 Å². The van der Waals surface area contributed by atoms with Crippen LogP contribution in [-0.2, 0) is 14.8 Å². The number of carbonyl (C=O) groups excluding carboxylic acids is 1. The van der Waals surface area contributed by atoms with Crippen LogP contribution in [0.3, 0.4) is 0 Å². The third-order valence-electron chi connectivity index (χ3n) is 6.02. The number of alkyl halides is 2. The molecule has 0 radical (unpaired) electrons. The lowest BCUT2D eigenvalue weighted by atomic mass is 9.99. The Bertz CT molecular complexity index is 1270. The van der Waals surface area contributed by atoms with Crippen LogP contribution in [0.15, 0.2) is 21.1 Å². The Hall–Kier alpha value is -2.76. The third kappa shape index (κ3) is 9.44. The summed E-state index contributed by atoms with van der Waals surface area (Å²) in [6.45, 7) is 10.7. The fourth-order valence-electron chi connectivity index (χ4n) is 3.52. The molecule has 0 saturated carbocycles. The van der Waals surface area contributed by atoms with Gasteiger partial charge in [-0.25, -0.2) is 4.79 Å². The molecule has 0 amide bonds. The number of esters is 1. The number of carbonyl (C=O) groups is 1. The lowest BCUT2D eigenvalue weighted by molar-refractivity contribution is 0.0457. The molecule has 1 aliphatic rings. The van der Waals surface area contributed by atoms with Gasteiger partial charge < -0.3 is 9.64 Å². The molecule has 1 aromatic rings. The van der Waals surface area contributed by atoms with Gasteiger partial charge in [-0.05, 0) is 57.6 Å². The van der Waals surface area contributed by atoms with E-state index in [4.69, 9.17) is 4.74 Å². The summed E-state index contributed by atoms with van der Waals surface area (Å²) in [7, 11) is -3.10. The average Bonchev–Trinajstić information content (AvgIpc) is 3.34. The van der Waals surface area contributed by atoms with Crippen molar-refractivity contribution >= 4 is 43.9 Å². The van der Waals surface area contributed by atoms with Gasteiger partial charge in [-0.2, -0.15) is 22.3 Å². The smallest absolute Gasteiger partial charge is 0.369 e. The number of anilines is 1. The van der Waals surface area contributed by atoms with Crippen molar-refractivity contribution in [1.29, 1.82) is 0 Å². The molecular weight excluding hydrogens is 550 g/mol. The molecule has 14 heteroatoms. The predicted octanol–water partition coefficient (Wildman–Crippen LogP) is 4.73. The highest BCUT2D eigenvalue weighted by Gasteiger charge is 2.40. The highest BCUT2D eigenvalue weighted by molar-refractivity contribution is 7.91. The molecule has 0 aliphatic heterocycles. The Morgan fingerprint density at radius 2 is 1.90 bits per heavy atom. The van der Waals surface area contributed by atoms with E-state index in [1.807, 2.05) is 13.8 Å². The zero-order valence-corrected chi connectivity index (χ0v) is 24.9. The molecule has 0 saturated heterocycles. The van der Waals surface area contributed by atoms with Gasteiger partial charge in [-0.1, -0.05) is 45.0 Å². The maximum atomic E-state index is 13.6. The molecule has 1 aliphatic carbocycles. The maximum Gasteiger partial charge on any atom is 0.369 e. The number of aromatic nitrogens is 2. The van der Waals surface area contributed by atoms with Gasteiger partial charge in [0.25, 0.3) is 0 Å². The van der Waals surface area contributed by atoms with Gasteiger partial charge in [0.1, 0.15) is 5.71 Å². The number of sulfonamides is 1. The molecule has 39 heavy (non-hydrogen) atoms. The topological polar surface area (TPSA) is 126 Å². The van der Waals surface area contributed by atoms with E-state index in [0.717, 1.165) is 30.6 Å². The van der Waals surface area contributed by atoms with Crippen molar-refractivity contribution in [3.8, 4) is 11.8 Å². The van der Waals surface area contributed by atoms with Crippen molar-refractivity contribution in [2.24, 2.45) is 15.4 Å². The van der Waals surface area contributed by atoms with Gasteiger partial charge in [-0.3, -0.25) is 5.43 Å². The Balaban J connectivity index is 2.29. The standard InChI is InChI=1S/C25H36F2N6O4S2/c1-8-19(9-2)33(7)17(5)10-11-18-12-13-20(32-39(35,36)25(6,26)27)21(14-18)28-30-24-31-29-22(38-24)23(34)37-15-16(3)4/h14,16-17,19H,8-11,15H2,1-7H3,(H,30,31). The summed E-state index contributed by atoms with van der Waals surface area (Å²) in [4.78, 5) is 14.4. The van der Waals surface area contributed by atoms with Crippen LogP contribution < -0.4 is 5.43 Å². The second-order valence-corrected chi connectivity index (χ2v) is 12.5. The summed E-state index contributed by atoms with van der Waals surface area (Å²) >= 11 is 0.870. The zero-order chi connectivity index (χ0) is 29.4. The Labute approximate surface area is 233 Å². The van der Waals surface area contributed by atoms with Gasteiger partial charge in [0.05, 0.1) is 6.61 Å². The number of nitrogens with one attached hydrogen (secondary N) is 1. The van der Waals surface area contributed by atoms with E-state index in [2.05, 4.69) is 69.7 Å². The van der Waals surface area contributed by atoms with Crippen LogP contribution in [-0.4, -0.2) is 71.9 Å². The average molecular weight is 587 g/mol. The number of hydrogen-bond donors (Lipinski definition) is 1. The van der Waals surface area contributed by atoms with Crippen molar-refractivity contribution in [2.45, 2.75) is 84.6 Å². The minimum atomic E-state index is -5.18. The molecule has 1 atom stereocenters. The second-order valence-electron chi connectivity index (χ2n) is 9.68. The first-order valence-electron chi connectivity index (χ1n) is 12.7. The van der Waals surface area contributed by atoms with Gasteiger partial charge in [0.15, 0.2) is 5.71 Å². The molecule has 1 N–H and O–H groups in total. The molecule has 0 spiro atoms. The number of rotatable bonds is 14. The summed E-state index contributed by atoms with van der Waals surface area (Å²) < 4.78 is 59.7. The number of allylic oxidation sites excluding steroid dienone is 2. The quantitative estimate of drug-likeness (QED) is 0.188. The van der Waals surface area contributed by atoms with Crippen LogP contribution in [0.2, 0.25) is 0 Å². The van der Waals surface area contributed by atoms with E-state index in [0.29, 0.717) is 18.0 Å². The number of halogens is 2. The second kappa shape index (κ2) is 14.0. The molecule has 1 aromatic heterocycles. The van der Waals surface area contributed by atoms with Crippen molar-refractivity contribution in [2.75, 3.05) is 19.1 Å². The molecule has 1 heterocycles. The SMILES string of the molecule is CCC(CC)N(C)C(C)CCC1=CC(=NNc2nnc(C(=O)OCC(C)C)s2)C(=NS(=O)(=O)C(C)(F)F)C#C1. The Kier molecular flexibility index (Phi) is 11.7. The van der Waals surface area contributed by atoms with Gasteiger partial charge in [-0.15, -0.1) is 14.6 Å². The summed E-state index contributed by atoms with van der Waals surface area (Å²) in [5.74, 6) is 4.89. The van der Waals surface area contributed by atoms with Crippen molar-refractivity contribution < 1.29 is 26.7 Å². The summed E-state index contributed by atoms with van der Waals surface area (Å²) in [6.07, 6.45) is 4.90. The summed E-state index contributed by atoms with van der Waals surface area (Å²) in [5.41, 5.74) is 2.74. The number of nitrogens with zero attached hydrogens (tertiary/aromatic N) is 5. The molecule has 0 aromatic carbocycles. The Morgan fingerprint density at radius 1 is 1.23 bits per heavy atom.